The molecule has 6 aromatic carbocycles. The van der Waals surface area contributed by atoms with Crippen molar-refractivity contribution in [1.82, 2.24) is 64.9 Å². The first-order valence-electron chi connectivity index (χ1n) is 37.4. The Morgan fingerprint density at radius 1 is 0.456 bits per heavy atom. The summed E-state index contributed by atoms with van der Waals surface area (Å²) in [6.07, 6.45) is 17.7. The summed E-state index contributed by atoms with van der Waals surface area (Å²) in [5.74, 6) is 0.430. The maximum Gasteiger partial charge on any atom is 0.280 e. The zero-order valence-corrected chi connectivity index (χ0v) is 63.9. The van der Waals surface area contributed by atoms with E-state index in [0.717, 1.165) is 111 Å². The van der Waals surface area contributed by atoms with Gasteiger partial charge in [-0.15, -0.1) is 0 Å². The molecule has 1 saturated heterocycles. The van der Waals surface area contributed by atoms with Gasteiger partial charge in [-0.25, -0.2) is 35.8 Å². The van der Waals surface area contributed by atoms with Crippen molar-refractivity contribution in [2.75, 3.05) is 97.6 Å². The first-order chi connectivity index (χ1) is 55.6. The summed E-state index contributed by atoms with van der Waals surface area (Å²) in [6.45, 7) is 6.31. The highest BCUT2D eigenvalue weighted by atomic mass is 19.1. The number of hydroxylamine groups is 3. The summed E-state index contributed by atoms with van der Waals surface area (Å²) in [5.41, 5.74) is 18.3. The number of aryl methyl sites for hydroxylation is 5. The van der Waals surface area contributed by atoms with Crippen LogP contribution < -0.4 is 58.2 Å². The minimum Gasteiger partial charge on any atom is -0.491 e. The van der Waals surface area contributed by atoms with Gasteiger partial charge >= 0.3 is 0 Å². The number of benzene rings is 6. The number of piperidine rings is 1. The number of hydrogen-bond donors (Lipinski definition) is 6. The third-order valence-corrected chi connectivity index (χ3v) is 19.6. The molecule has 6 aromatic heterocycles. The summed E-state index contributed by atoms with van der Waals surface area (Å²) >= 11 is 0. The van der Waals surface area contributed by atoms with Crippen LogP contribution in [0.15, 0.2) is 185 Å². The zero-order valence-electron chi connectivity index (χ0n) is 63.9. The van der Waals surface area contributed by atoms with E-state index in [1.54, 1.807) is 27.9 Å². The molecule has 1 fully saturated rings. The maximum atomic E-state index is 13.7. The van der Waals surface area contributed by atoms with Crippen LogP contribution >= 0.6 is 0 Å². The number of anilines is 6. The smallest absolute Gasteiger partial charge is 0.280 e. The van der Waals surface area contributed by atoms with Crippen LogP contribution in [0.3, 0.4) is 0 Å². The van der Waals surface area contributed by atoms with Crippen molar-refractivity contribution in [3.05, 3.63) is 251 Å². The van der Waals surface area contributed by atoms with Gasteiger partial charge in [0.25, 0.3) is 17.7 Å². The van der Waals surface area contributed by atoms with Gasteiger partial charge in [0.15, 0.2) is 16.9 Å². The molecular formula is C84H87FN16O13. The number of likely N-dealkylation sites (tertiary alicyclic amines) is 1. The molecule has 0 radical (unpaired) electrons. The van der Waals surface area contributed by atoms with Gasteiger partial charge in [-0.3, -0.25) is 43.3 Å². The van der Waals surface area contributed by atoms with Crippen LogP contribution in [0.4, 0.5) is 39.3 Å². The molecule has 2 aliphatic carbocycles. The fraction of sp³-hybridized carbons (Fsp3) is 0.286. The van der Waals surface area contributed by atoms with E-state index in [4.69, 9.17) is 38.4 Å². The Labute approximate surface area is 654 Å². The van der Waals surface area contributed by atoms with Gasteiger partial charge in [-0.1, -0.05) is 43.3 Å². The van der Waals surface area contributed by atoms with Crippen LogP contribution in [-0.2, 0) is 62.5 Å². The number of aromatic nitrogens is 9. The lowest BCUT2D eigenvalue weighted by Gasteiger charge is -2.28. The van der Waals surface area contributed by atoms with Gasteiger partial charge in [0, 0.05) is 98.6 Å². The quantitative estimate of drug-likeness (QED) is 0.0206. The molecule has 1 unspecified atom stereocenters. The maximum absolute atomic E-state index is 13.7. The number of ether oxygens (including phenoxy) is 4. The number of carbonyl (C=O) groups excluding carboxylic acids is 3. The lowest BCUT2D eigenvalue weighted by atomic mass is 10.1. The lowest BCUT2D eigenvalue weighted by Crippen LogP contribution is -2.37. The average molecular weight is 1550 g/mol. The molecule has 3 aliphatic rings. The normalized spacial score (nSPS) is 13.6. The van der Waals surface area contributed by atoms with E-state index in [0.29, 0.717) is 85.7 Å². The highest BCUT2D eigenvalue weighted by Crippen LogP contribution is 2.31. The molecule has 1 atom stereocenters. The number of pyridine rings is 3. The van der Waals surface area contributed by atoms with E-state index < -0.39 is 40.2 Å². The van der Waals surface area contributed by atoms with Gasteiger partial charge in [0.2, 0.25) is 34.1 Å². The second-order valence-corrected chi connectivity index (χ2v) is 27.2. The van der Waals surface area contributed by atoms with Crippen LogP contribution in [0, 0.1) is 0 Å². The van der Waals surface area contributed by atoms with Crippen molar-refractivity contribution in [3.63, 3.8) is 0 Å². The molecule has 0 spiro atoms. The van der Waals surface area contributed by atoms with Gasteiger partial charge in [-0.05, 0) is 201 Å². The van der Waals surface area contributed by atoms with Crippen LogP contribution in [0.25, 0.3) is 50.2 Å². The Kier molecular flexibility index (Phi) is 26.1. The number of carbonyl (C=O) groups is 3. The number of rotatable bonds is 27. The Morgan fingerprint density at radius 2 is 0.833 bits per heavy atom. The summed E-state index contributed by atoms with van der Waals surface area (Å²) in [6, 6.07) is 42.8. The van der Waals surface area contributed by atoms with Crippen LogP contribution in [0.5, 0.6) is 11.5 Å². The highest BCUT2D eigenvalue weighted by Gasteiger charge is 2.25. The number of nitrogens with zero attached hydrogens (tertiary/aromatic N) is 10. The van der Waals surface area contributed by atoms with Crippen LogP contribution in [0.2, 0.25) is 0 Å². The molecule has 588 valence electrons. The Bertz CT molecular complexity index is 5640. The number of halogens is 1. The summed E-state index contributed by atoms with van der Waals surface area (Å²) in [5, 5.41) is 10.2. The summed E-state index contributed by atoms with van der Waals surface area (Å²) < 4.78 is 40.1. The fourth-order valence-electron chi connectivity index (χ4n) is 13.7. The van der Waals surface area contributed by atoms with Crippen molar-refractivity contribution in [1.29, 1.82) is 0 Å². The molecule has 12 aromatic rings. The number of fused-ring (bicyclic) bond motifs is 5. The Hall–Kier alpha value is -12.7. The minimum absolute atomic E-state index is 0.0636. The largest absolute Gasteiger partial charge is 0.491 e. The number of methoxy groups -OCH3 is 2. The molecule has 7 heterocycles. The van der Waals surface area contributed by atoms with E-state index in [-0.39, 0.29) is 32.8 Å². The van der Waals surface area contributed by atoms with Crippen molar-refractivity contribution in [2.45, 2.75) is 77.3 Å². The molecule has 0 bridgehead atoms. The molecular weight excluding hydrogens is 1460 g/mol. The SMILES string of the molecule is CCc1ccc(-n2cc(C(=O)NOC)c(=O)c3cnc(Nc4ccc(OCCOC)cc4)nc32)cc1.COCCOc1ccc(Nc2ncc3c(=O)c(C(=O)NOC)cn(-c4ccc5c(c4)CCC5)c3n2)cc1.CONC(=O)c1cn(-c2ccc3c(c2)CCC3)c2nc(Nc3ccc(CCN4CCCC(F)C4)cc3)ncc2c1=O. The monoisotopic (exact) mass is 1550 g/mol. The van der Waals surface area contributed by atoms with E-state index in [9.17, 15) is 33.2 Å². The minimum atomic E-state index is -0.717. The van der Waals surface area contributed by atoms with E-state index in [2.05, 4.69) is 93.4 Å². The average Bonchev–Trinajstić information content (AvgIpc) is 0.957. The molecule has 0 saturated carbocycles. The number of nitrogens with one attached hydrogen (secondary N) is 6. The van der Waals surface area contributed by atoms with Crippen molar-refractivity contribution < 1.29 is 52.2 Å². The Morgan fingerprint density at radius 3 is 1.22 bits per heavy atom. The number of hydrogen-bond acceptors (Lipinski definition) is 23. The third-order valence-electron chi connectivity index (χ3n) is 19.6. The summed E-state index contributed by atoms with van der Waals surface area (Å²) in [7, 11) is 7.19. The number of amides is 3. The van der Waals surface area contributed by atoms with Crippen molar-refractivity contribution in [2.24, 2.45) is 0 Å². The van der Waals surface area contributed by atoms with Crippen LogP contribution in [0.1, 0.15) is 97.1 Å². The predicted octanol–water partition coefficient (Wildman–Crippen LogP) is 11.0. The Balaban J connectivity index is 0.000000150. The molecule has 29 nitrogen and oxygen atoms in total. The van der Waals surface area contributed by atoms with Crippen LogP contribution in [-0.4, -0.2) is 154 Å². The zero-order chi connectivity index (χ0) is 79.6. The first kappa shape index (κ1) is 79.4. The van der Waals surface area contributed by atoms with Gasteiger partial charge in [-0.2, -0.15) is 15.0 Å². The molecule has 3 amide bonds. The van der Waals surface area contributed by atoms with Crippen molar-refractivity contribution in [3.8, 4) is 28.6 Å². The van der Waals surface area contributed by atoms with Gasteiger partial charge in [0.1, 0.15) is 47.6 Å². The summed E-state index contributed by atoms with van der Waals surface area (Å²) in [4.78, 5) is 121. The molecule has 114 heavy (non-hydrogen) atoms. The van der Waals surface area contributed by atoms with Gasteiger partial charge < -0.3 is 53.5 Å². The standard InChI is InChI=1S/C31H33FN6O3.C27H27N5O5.C26H27N5O5/c1-41-36-30(40)27-19-38(25-12-9-21-4-2-5-22(21)16-25)29-26(28(27)39)17-33-31(35-29)34-24-10-7-20(8-11-24)13-15-37-14-3-6-23(32)18-37;1-35-12-13-37-21-10-7-19(8-11-21)29-27-28-15-22-24(33)23(26(34)31-36-2)16-32(25(22)30-27)20-9-6-17-4-3-5-18(17)14-20;1-4-17-5-9-19(10-6-17)31-16-22(25(33)30-35-3)23(32)21-15-27-26(29-24(21)31)28-18-7-11-20(12-8-18)36-14-13-34-2/h7-12,16-17,19,23H,2-6,13-15,18H2,1H3,(H,36,40)(H,33,34,35);6-11,14-16H,3-5,12-13H2,1-2H3,(H,31,34)(H,28,29,30);5-12,15-16H,4,13-14H2,1-3H3,(H,30,33)(H,27,28,29). The first-order valence-corrected chi connectivity index (χ1v) is 37.4. The lowest BCUT2D eigenvalue weighted by molar-refractivity contribution is 0.0532. The fourth-order valence-corrected chi connectivity index (χ4v) is 13.7. The number of alkyl halides is 1. The topological polar surface area (TPSA) is 335 Å². The van der Waals surface area contributed by atoms with E-state index in [1.165, 1.54) is 86.3 Å². The molecule has 6 N–H and O–H groups in total. The molecule has 15 rings (SSSR count). The molecule has 1 aliphatic heterocycles. The highest BCUT2D eigenvalue weighted by molar-refractivity contribution is 5.98. The van der Waals surface area contributed by atoms with Crippen molar-refractivity contribution >= 4 is 85.7 Å². The second-order valence-electron chi connectivity index (χ2n) is 27.2. The van der Waals surface area contributed by atoms with Gasteiger partial charge in [0.05, 0.1) is 50.7 Å². The van der Waals surface area contributed by atoms with E-state index >= 15 is 0 Å². The second kappa shape index (κ2) is 37.5. The third kappa shape index (κ3) is 19.1. The molecule has 30 heteroatoms. The predicted molar refractivity (Wildman–Crippen MR) is 430 cm³/mol. The van der Waals surface area contributed by atoms with E-state index in [1.807, 2.05) is 109 Å².